The maximum atomic E-state index is 14.7. The number of carbonyl (C=O) groups excluding carboxylic acids is 6. The van der Waals surface area contributed by atoms with Crippen LogP contribution in [-0.4, -0.2) is 116 Å². The van der Waals surface area contributed by atoms with Gasteiger partial charge in [-0.05, 0) is 73.6 Å². The zero-order chi connectivity index (χ0) is 39.3. The van der Waals surface area contributed by atoms with Gasteiger partial charge in [-0.15, -0.1) is 0 Å². The number of carbonyl (C=O) groups is 6. The number of hydrogen-bond acceptors (Lipinski definition) is 7. The van der Waals surface area contributed by atoms with Gasteiger partial charge in [0.15, 0.2) is 0 Å². The minimum absolute atomic E-state index is 0.102. The van der Waals surface area contributed by atoms with Crippen molar-refractivity contribution in [1.82, 2.24) is 40.6 Å². The summed E-state index contributed by atoms with van der Waals surface area (Å²) in [6.07, 6.45) is 8.59. The molecule has 1 aromatic heterocycles. The number of aromatic amines is 1. The van der Waals surface area contributed by atoms with Crippen LogP contribution in [0.4, 0.5) is 0 Å². The molecule has 298 valence electrons. The molecule has 7 rings (SSSR count). The van der Waals surface area contributed by atoms with Crippen molar-refractivity contribution >= 4 is 46.2 Å². The average molecular weight is 767 g/mol. The van der Waals surface area contributed by atoms with E-state index in [1.54, 1.807) is 16.0 Å². The fourth-order valence-corrected chi connectivity index (χ4v) is 8.89. The molecule has 56 heavy (non-hydrogen) atoms. The molecule has 4 saturated heterocycles. The summed E-state index contributed by atoms with van der Waals surface area (Å²) in [5.41, 5.74) is 1.44. The first kappa shape index (κ1) is 39.0. The Morgan fingerprint density at radius 1 is 0.661 bits per heavy atom. The largest absolute Gasteiger partial charge is 0.348 e. The fourth-order valence-electron chi connectivity index (χ4n) is 8.89. The number of amides is 6. The summed E-state index contributed by atoms with van der Waals surface area (Å²) < 4.78 is 0. The van der Waals surface area contributed by atoms with Gasteiger partial charge in [0.1, 0.15) is 36.3 Å². The highest BCUT2D eigenvalue weighted by Crippen LogP contribution is 2.27. The van der Waals surface area contributed by atoms with Crippen LogP contribution in [0, 0.1) is 5.92 Å². The van der Waals surface area contributed by atoms with E-state index < -0.39 is 59.9 Å². The first-order valence-electron chi connectivity index (χ1n) is 20.4. The lowest BCUT2D eigenvalue weighted by Gasteiger charge is -2.43. The number of benzene rings is 2. The summed E-state index contributed by atoms with van der Waals surface area (Å²) in [5, 5.41) is 11.0. The lowest BCUT2D eigenvalue weighted by Crippen LogP contribution is -2.64. The van der Waals surface area contributed by atoms with Crippen LogP contribution in [0.5, 0.6) is 0 Å². The molecule has 4 fully saturated rings. The summed E-state index contributed by atoms with van der Waals surface area (Å²) in [5.74, 6) is -2.75. The minimum atomic E-state index is -1.08. The van der Waals surface area contributed by atoms with E-state index in [1.807, 2.05) is 56.3 Å². The van der Waals surface area contributed by atoms with Gasteiger partial charge >= 0.3 is 0 Å². The van der Waals surface area contributed by atoms with E-state index >= 15 is 0 Å². The minimum Gasteiger partial charge on any atom is -0.348 e. The van der Waals surface area contributed by atoms with Crippen molar-refractivity contribution in [3.8, 4) is 0 Å². The Balaban J connectivity index is 1.28. The van der Waals surface area contributed by atoms with Gasteiger partial charge in [0, 0.05) is 44.4 Å². The quantitative estimate of drug-likeness (QED) is 0.298. The standard InChI is InChI=1S/C42H54N8O6/c1-3-26(2)36-42(56)50-19-9-7-14-35(50)41(55)49-18-8-6-13-33(49)39(53)46-32(23-30-24-43-25-44-30)40(54)48-20-10-15-34(48)38(52)45-31(37(51)47-36)22-27-16-17-28-11-4-5-12-29(28)21-27/h4-5,11-12,16-17,21,24-26,31-36H,3,6-10,13-15,18-20,22-23H2,1-2H3,(H,43,44)(H,45,52)(H,46,53)(H,47,51)/t26-,31-,32-,33+,34+,35-,36+/m1/s1. The molecule has 7 atom stereocenters. The monoisotopic (exact) mass is 766 g/mol. The van der Waals surface area contributed by atoms with E-state index in [9.17, 15) is 28.8 Å². The molecular weight excluding hydrogens is 713 g/mol. The van der Waals surface area contributed by atoms with Crippen LogP contribution in [0.1, 0.15) is 82.9 Å². The van der Waals surface area contributed by atoms with E-state index in [0.29, 0.717) is 70.3 Å². The Kier molecular flexibility index (Phi) is 12.0. The topological polar surface area (TPSA) is 177 Å². The molecule has 0 radical (unpaired) electrons. The average Bonchev–Trinajstić information content (AvgIpc) is 3.94. The number of rotatable bonds is 6. The second kappa shape index (κ2) is 17.3. The van der Waals surface area contributed by atoms with Gasteiger partial charge in [-0.1, -0.05) is 62.7 Å². The fraction of sp³-hybridized carbons (Fsp3) is 0.548. The van der Waals surface area contributed by atoms with Crippen LogP contribution < -0.4 is 16.0 Å². The Hall–Kier alpha value is -5.27. The molecule has 0 spiro atoms. The van der Waals surface area contributed by atoms with Gasteiger partial charge < -0.3 is 35.6 Å². The second-order valence-corrected chi connectivity index (χ2v) is 15.9. The third-order valence-corrected chi connectivity index (χ3v) is 12.3. The summed E-state index contributed by atoms with van der Waals surface area (Å²) in [7, 11) is 0. The van der Waals surface area contributed by atoms with Crippen molar-refractivity contribution in [3.05, 3.63) is 66.2 Å². The molecule has 3 aromatic rings. The molecule has 4 N–H and O–H groups in total. The normalized spacial score (nSPS) is 27.7. The molecule has 0 saturated carbocycles. The number of piperidine rings is 2. The predicted molar refractivity (Wildman–Crippen MR) is 209 cm³/mol. The van der Waals surface area contributed by atoms with E-state index in [1.165, 1.54) is 11.2 Å². The van der Waals surface area contributed by atoms with Crippen LogP contribution in [0.3, 0.4) is 0 Å². The Morgan fingerprint density at radius 3 is 1.98 bits per heavy atom. The Labute approximate surface area is 327 Å². The van der Waals surface area contributed by atoms with E-state index in [-0.39, 0.29) is 30.6 Å². The molecule has 4 aliphatic heterocycles. The predicted octanol–water partition coefficient (Wildman–Crippen LogP) is 2.62. The number of aromatic nitrogens is 2. The maximum absolute atomic E-state index is 14.7. The van der Waals surface area contributed by atoms with E-state index in [4.69, 9.17) is 0 Å². The summed E-state index contributed by atoms with van der Waals surface area (Å²) >= 11 is 0. The summed E-state index contributed by atoms with van der Waals surface area (Å²) in [6.45, 7) is 4.84. The highest BCUT2D eigenvalue weighted by atomic mass is 16.2. The lowest BCUT2D eigenvalue weighted by molar-refractivity contribution is -0.155. The van der Waals surface area contributed by atoms with Gasteiger partial charge in [0.2, 0.25) is 35.4 Å². The van der Waals surface area contributed by atoms with Crippen molar-refractivity contribution in [2.45, 2.75) is 121 Å². The maximum Gasteiger partial charge on any atom is 0.246 e. The molecule has 14 heteroatoms. The van der Waals surface area contributed by atoms with Crippen LogP contribution >= 0.6 is 0 Å². The smallest absolute Gasteiger partial charge is 0.246 e. The van der Waals surface area contributed by atoms with Gasteiger partial charge in [-0.25, -0.2) is 4.98 Å². The highest BCUT2D eigenvalue weighted by Gasteiger charge is 2.45. The van der Waals surface area contributed by atoms with Crippen molar-refractivity contribution in [1.29, 1.82) is 0 Å². The van der Waals surface area contributed by atoms with Gasteiger partial charge in [-0.2, -0.15) is 0 Å². The summed E-state index contributed by atoms with van der Waals surface area (Å²) in [6, 6.07) is 8.19. The number of H-pyrrole nitrogens is 1. The van der Waals surface area contributed by atoms with Crippen molar-refractivity contribution in [2.75, 3.05) is 19.6 Å². The molecule has 14 nitrogen and oxygen atoms in total. The van der Waals surface area contributed by atoms with E-state index in [0.717, 1.165) is 29.2 Å². The zero-order valence-corrected chi connectivity index (χ0v) is 32.4. The third kappa shape index (κ3) is 8.29. The second-order valence-electron chi connectivity index (χ2n) is 15.9. The number of hydrogen-bond donors (Lipinski definition) is 4. The Morgan fingerprint density at radius 2 is 1.29 bits per heavy atom. The van der Waals surface area contributed by atoms with Crippen LogP contribution in [-0.2, 0) is 41.6 Å². The SMILES string of the molecule is CC[C@@H](C)[C@@H]1NC(=O)[C@@H](Cc2ccc3ccccc3c2)NC(=O)[C@@H]2CCCN2C(=O)[C@@H](Cc2cnc[nH]2)NC(=O)[C@@H]2CCCCN2C(=O)[C@H]2CCCCN2C1=O. The molecule has 0 unspecified atom stereocenters. The van der Waals surface area contributed by atoms with Crippen molar-refractivity contribution in [3.63, 3.8) is 0 Å². The van der Waals surface area contributed by atoms with Crippen molar-refractivity contribution < 1.29 is 28.8 Å². The van der Waals surface area contributed by atoms with Crippen LogP contribution in [0.2, 0.25) is 0 Å². The molecule has 2 aromatic carbocycles. The lowest BCUT2D eigenvalue weighted by atomic mass is 9.92. The van der Waals surface area contributed by atoms with Crippen molar-refractivity contribution in [2.24, 2.45) is 5.92 Å². The molecule has 0 aliphatic carbocycles. The third-order valence-electron chi connectivity index (χ3n) is 12.3. The van der Waals surface area contributed by atoms with Crippen LogP contribution in [0.25, 0.3) is 10.8 Å². The summed E-state index contributed by atoms with van der Waals surface area (Å²) in [4.78, 5) is 98.7. The Bertz CT molecular complexity index is 1930. The highest BCUT2D eigenvalue weighted by molar-refractivity contribution is 5.99. The zero-order valence-electron chi connectivity index (χ0n) is 32.4. The molecule has 4 aliphatic rings. The molecular formula is C42H54N8O6. The number of imidazole rings is 1. The van der Waals surface area contributed by atoms with Gasteiger partial charge in [0.05, 0.1) is 6.33 Å². The van der Waals surface area contributed by atoms with Crippen LogP contribution in [0.15, 0.2) is 55.0 Å². The molecule has 6 amide bonds. The van der Waals surface area contributed by atoms with Gasteiger partial charge in [-0.3, -0.25) is 28.8 Å². The van der Waals surface area contributed by atoms with E-state index in [2.05, 4.69) is 25.9 Å². The first-order chi connectivity index (χ1) is 27.1. The molecule has 5 heterocycles. The number of nitrogens with one attached hydrogen (secondary N) is 4. The number of fused-ring (bicyclic) bond motifs is 4. The number of nitrogens with zero attached hydrogens (tertiary/aromatic N) is 4. The first-order valence-corrected chi connectivity index (χ1v) is 20.4. The molecule has 0 bridgehead atoms. The van der Waals surface area contributed by atoms with Gasteiger partial charge in [0.25, 0.3) is 0 Å².